The van der Waals surface area contributed by atoms with Gasteiger partial charge < -0.3 is 0 Å². The first kappa shape index (κ1) is 29.7. The van der Waals surface area contributed by atoms with E-state index in [2.05, 4.69) is 127 Å². The second-order valence-electron chi connectivity index (χ2n) is 13.9. The quantitative estimate of drug-likeness (QED) is 0.187. The molecule has 1 spiro atoms. The molecule has 9 aromatic rings. The standard InChI is InChI=1S/C50H31N3/c1-3-14-33(15-4-1)47-51-48(34-16-5-2-6-17-34)53-49(52-47)37-21-11-20-35(30-37)36-28-29-40-38-22-7-9-25-42(38)50(45(40)31-36)43-26-10-8-23-39(43)41-24-12-18-32-19-13-27-44(50)46(32)41/h1-31H. The van der Waals surface area contributed by atoms with E-state index in [9.17, 15) is 0 Å². The molecule has 1 atom stereocenters. The minimum Gasteiger partial charge on any atom is -0.208 e. The zero-order valence-electron chi connectivity index (χ0n) is 28.7. The fourth-order valence-corrected chi connectivity index (χ4v) is 8.88. The Morgan fingerprint density at radius 1 is 0.283 bits per heavy atom. The summed E-state index contributed by atoms with van der Waals surface area (Å²) in [7, 11) is 0. The molecule has 0 saturated heterocycles. The van der Waals surface area contributed by atoms with E-state index >= 15 is 0 Å². The van der Waals surface area contributed by atoms with Crippen LogP contribution in [0.4, 0.5) is 0 Å². The van der Waals surface area contributed by atoms with Crippen molar-refractivity contribution in [2.45, 2.75) is 5.41 Å². The molecule has 1 heterocycles. The molecule has 0 fully saturated rings. The van der Waals surface area contributed by atoms with Crippen LogP contribution in [0.3, 0.4) is 0 Å². The van der Waals surface area contributed by atoms with Gasteiger partial charge in [0, 0.05) is 16.7 Å². The molecule has 11 rings (SSSR count). The highest BCUT2D eigenvalue weighted by Gasteiger charge is 2.50. The Morgan fingerprint density at radius 2 is 0.736 bits per heavy atom. The molecule has 8 aromatic carbocycles. The number of nitrogens with zero attached hydrogens (tertiary/aromatic N) is 3. The molecular formula is C50H31N3. The van der Waals surface area contributed by atoms with Crippen molar-refractivity contribution in [3.8, 4) is 67.5 Å². The van der Waals surface area contributed by atoms with Crippen molar-refractivity contribution < 1.29 is 0 Å². The number of fused-ring (bicyclic) bond motifs is 9. The summed E-state index contributed by atoms with van der Waals surface area (Å²) in [6.45, 7) is 0. The average Bonchev–Trinajstić information content (AvgIpc) is 3.53. The normalized spacial score (nSPS) is 14.9. The summed E-state index contributed by atoms with van der Waals surface area (Å²) in [5, 5.41) is 2.60. The monoisotopic (exact) mass is 673 g/mol. The largest absolute Gasteiger partial charge is 0.208 e. The molecular weight excluding hydrogens is 643 g/mol. The SMILES string of the molecule is c1ccc(-c2nc(-c3ccccc3)nc(-c3cccc(-c4ccc5c(c4)C4(c6ccccc6-5)c5ccccc5-c5cccc6cccc4c56)c3)n2)cc1. The highest BCUT2D eigenvalue weighted by Crippen LogP contribution is 2.62. The van der Waals surface area contributed by atoms with Crippen LogP contribution in [0.1, 0.15) is 22.3 Å². The predicted octanol–water partition coefficient (Wildman–Crippen LogP) is 12.0. The lowest BCUT2D eigenvalue weighted by Gasteiger charge is -2.40. The molecule has 0 N–H and O–H groups in total. The summed E-state index contributed by atoms with van der Waals surface area (Å²) in [6, 6.07) is 67.6. The second kappa shape index (κ2) is 11.5. The van der Waals surface area contributed by atoms with E-state index in [0.29, 0.717) is 17.5 Å². The van der Waals surface area contributed by atoms with Gasteiger partial charge in [-0.05, 0) is 78.5 Å². The summed E-state index contributed by atoms with van der Waals surface area (Å²) >= 11 is 0. The molecule has 0 amide bonds. The lowest BCUT2D eigenvalue weighted by atomic mass is 9.61. The summed E-state index contributed by atoms with van der Waals surface area (Å²) in [5.74, 6) is 1.96. The van der Waals surface area contributed by atoms with Gasteiger partial charge in [-0.2, -0.15) is 0 Å². The van der Waals surface area contributed by atoms with Crippen molar-refractivity contribution in [2.24, 2.45) is 0 Å². The molecule has 0 aliphatic heterocycles. The predicted molar refractivity (Wildman–Crippen MR) is 215 cm³/mol. The zero-order valence-corrected chi connectivity index (χ0v) is 28.7. The summed E-state index contributed by atoms with van der Waals surface area (Å²) in [5.41, 5.74) is 15.2. The molecule has 0 saturated carbocycles. The number of aromatic nitrogens is 3. The zero-order chi connectivity index (χ0) is 34.9. The van der Waals surface area contributed by atoms with E-state index in [0.717, 1.165) is 27.8 Å². The highest BCUT2D eigenvalue weighted by atomic mass is 15.0. The Hall–Kier alpha value is -6.97. The number of hydrogen-bond donors (Lipinski definition) is 0. The van der Waals surface area contributed by atoms with E-state index in [4.69, 9.17) is 15.0 Å². The van der Waals surface area contributed by atoms with Gasteiger partial charge in [0.15, 0.2) is 17.5 Å². The van der Waals surface area contributed by atoms with Gasteiger partial charge in [-0.15, -0.1) is 0 Å². The molecule has 2 aliphatic rings. The molecule has 3 heteroatoms. The summed E-state index contributed by atoms with van der Waals surface area (Å²) in [4.78, 5) is 15.0. The molecule has 1 aromatic heterocycles. The van der Waals surface area contributed by atoms with Gasteiger partial charge in [-0.3, -0.25) is 0 Å². The van der Waals surface area contributed by atoms with E-state index in [1.165, 1.54) is 55.3 Å². The molecule has 0 bridgehead atoms. The highest BCUT2D eigenvalue weighted by molar-refractivity contribution is 6.07. The number of hydrogen-bond acceptors (Lipinski definition) is 3. The van der Waals surface area contributed by atoms with Crippen molar-refractivity contribution in [3.63, 3.8) is 0 Å². The van der Waals surface area contributed by atoms with Gasteiger partial charge in [-0.1, -0.05) is 176 Å². The van der Waals surface area contributed by atoms with Crippen LogP contribution in [-0.2, 0) is 5.41 Å². The van der Waals surface area contributed by atoms with E-state index in [-0.39, 0.29) is 0 Å². The topological polar surface area (TPSA) is 38.7 Å². The maximum absolute atomic E-state index is 5.03. The summed E-state index contributed by atoms with van der Waals surface area (Å²) < 4.78 is 0. The van der Waals surface area contributed by atoms with Crippen molar-refractivity contribution in [1.82, 2.24) is 15.0 Å². The Balaban J connectivity index is 1.12. The molecule has 1 unspecified atom stereocenters. The second-order valence-corrected chi connectivity index (χ2v) is 13.9. The van der Waals surface area contributed by atoms with Crippen LogP contribution >= 0.6 is 0 Å². The van der Waals surface area contributed by atoms with Crippen LogP contribution in [0, 0.1) is 0 Å². The molecule has 3 nitrogen and oxygen atoms in total. The van der Waals surface area contributed by atoms with Crippen molar-refractivity contribution in [2.75, 3.05) is 0 Å². The first-order valence-corrected chi connectivity index (χ1v) is 18.1. The lowest BCUT2D eigenvalue weighted by Crippen LogP contribution is -2.31. The minimum absolute atomic E-state index is 0.465. The van der Waals surface area contributed by atoms with Gasteiger partial charge in [0.05, 0.1) is 5.41 Å². The van der Waals surface area contributed by atoms with Crippen LogP contribution in [0.2, 0.25) is 0 Å². The Kier molecular flexibility index (Phi) is 6.47. The first-order valence-electron chi connectivity index (χ1n) is 18.1. The molecule has 246 valence electrons. The van der Waals surface area contributed by atoms with Crippen LogP contribution in [0.5, 0.6) is 0 Å². The van der Waals surface area contributed by atoms with Gasteiger partial charge in [0.1, 0.15) is 0 Å². The maximum atomic E-state index is 5.03. The smallest absolute Gasteiger partial charge is 0.164 e. The van der Waals surface area contributed by atoms with Crippen LogP contribution in [0.25, 0.3) is 78.3 Å². The Morgan fingerprint density at radius 3 is 1.42 bits per heavy atom. The van der Waals surface area contributed by atoms with Gasteiger partial charge in [0.25, 0.3) is 0 Å². The van der Waals surface area contributed by atoms with Crippen molar-refractivity contribution in [3.05, 3.63) is 210 Å². The fraction of sp³-hybridized carbons (Fsp3) is 0.0200. The third-order valence-corrected chi connectivity index (χ3v) is 11.1. The van der Waals surface area contributed by atoms with Crippen LogP contribution < -0.4 is 0 Å². The fourth-order valence-electron chi connectivity index (χ4n) is 8.88. The summed E-state index contributed by atoms with van der Waals surface area (Å²) in [6.07, 6.45) is 0. The van der Waals surface area contributed by atoms with Crippen LogP contribution in [-0.4, -0.2) is 15.0 Å². The van der Waals surface area contributed by atoms with Crippen molar-refractivity contribution >= 4 is 10.8 Å². The molecule has 53 heavy (non-hydrogen) atoms. The van der Waals surface area contributed by atoms with E-state index < -0.39 is 5.41 Å². The average molecular weight is 674 g/mol. The van der Waals surface area contributed by atoms with Crippen LogP contribution in [0.15, 0.2) is 188 Å². The third kappa shape index (κ3) is 4.38. The number of benzene rings is 8. The van der Waals surface area contributed by atoms with E-state index in [1.807, 2.05) is 60.7 Å². The Bertz CT molecular complexity index is 2830. The van der Waals surface area contributed by atoms with Gasteiger partial charge in [-0.25, -0.2) is 15.0 Å². The minimum atomic E-state index is -0.465. The third-order valence-electron chi connectivity index (χ3n) is 11.1. The Labute approximate surface area is 308 Å². The first-order chi connectivity index (χ1) is 26.3. The van der Waals surface area contributed by atoms with Crippen molar-refractivity contribution in [1.29, 1.82) is 0 Å². The van der Waals surface area contributed by atoms with E-state index in [1.54, 1.807) is 0 Å². The van der Waals surface area contributed by atoms with Gasteiger partial charge >= 0.3 is 0 Å². The molecule has 2 aliphatic carbocycles. The molecule has 0 radical (unpaired) electrons. The van der Waals surface area contributed by atoms with Gasteiger partial charge in [0.2, 0.25) is 0 Å². The lowest BCUT2D eigenvalue weighted by molar-refractivity contribution is 0.774. The maximum Gasteiger partial charge on any atom is 0.164 e. The number of rotatable bonds is 4.